The van der Waals surface area contributed by atoms with Crippen LogP contribution in [0.5, 0.6) is 0 Å². The summed E-state index contributed by atoms with van der Waals surface area (Å²) in [7, 11) is 0. The lowest BCUT2D eigenvalue weighted by molar-refractivity contribution is -0.268. The Balaban J connectivity index is 5.06. The predicted molar refractivity (Wildman–Crippen MR) is 49.8 cm³/mol. The van der Waals surface area contributed by atoms with Crippen molar-refractivity contribution in [2.24, 2.45) is 5.92 Å². The first-order valence-electron chi connectivity index (χ1n) is 4.65. The molecule has 0 heterocycles. The van der Waals surface area contributed by atoms with Crippen LogP contribution in [-0.4, -0.2) is 23.0 Å². The van der Waals surface area contributed by atoms with Gasteiger partial charge in [-0.15, -0.1) is 0 Å². The zero-order valence-corrected chi connectivity index (χ0v) is 9.80. The Kier molecular flexibility index (Phi) is 4.90. The fourth-order valence-corrected chi connectivity index (χ4v) is 1.31. The number of hydrogen-bond acceptors (Lipinski definition) is 1. The first-order chi connectivity index (χ1) is 7.31. The molecule has 0 spiro atoms. The molecule has 0 saturated carbocycles. The first-order valence-corrected chi connectivity index (χ1v) is 5.03. The van der Waals surface area contributed by atoms with E-state index in [4.69, 9.17) is 0 Å². The zero-order chi connectivity index (χ0) is 14.1. The van der Waals surface area contributed by atoms with E-state index in [9.17, 15) is 31.1 Å². The van der Waals surface area contributed by atoms with Crippen LogP contribution in [-0.2, 0) is 4.79 Å². The molecule has 17 heavy (non-hydrogen) atoms. The van der Waals surface area contributed by atoms with Crippen LogP contribution in [0.1, 0.15) is 26.7 Å². The minimum atomic E-state index is -5.72. The van der Waals surface area contributed by atoms with Crippen LogP contribution in [0.15, 0.2) is 0 Å². The Morgan fingerprint density at radius 1 is 1.06 bits per heavy atom. The second-order valence-electron chi connectivity index (χ2n) is 4.11. The molecule has 0 aliphatic carbocycles. The highest BCUT2D eigenvalue weighted by Gasteiger charge is 2.70. The fraction of sp³-hybridized carbons (Fsp3) is 0.889. The van der Waals surface area contributed by atoms with Crippen LogP contribution in [0.2, 0.25) is 0 Å². The van der Waals surface area contributed by atoms with Gasteiger partial charge in [0.05, 0.1) is 0 Å². The Morgan fingerprint density at radius 2 is 1.41 bits per heavy atom. The number of ketones is 1. The monoisotopic (exact) mass is 284 g/mol. The molecule has 0 aromatic rings. The number of halogens is 7. The third kappa shape index (κ3) is 4.04. The molecule has 1 nitrogen and oxygen atoms in total. The topological polar surface area (TPSA) is 17.1 Å². The smallest absolute Gasteiger partial charge is 0.300 e. The van der Waals surface area contributed by atoms with E-state index >= 15 is 0 Å². The second-order valence-corrected chi connectivity index (χ2v) is 4.76. The number of Topliss-reactive ketones (excluding diaryl/α,β-unsaturated/α-hetero) is 1. The summed E-state index contributed by atoms with van der Waals surface area (Å²) in [5.74, 6) is -1.49. The van der Waals surface area contributed by atoms with E-state index in [1.54, 1.807) is 0 Å². The summed E-state index contributed by atoms with van der Waals surface area (Å²) in [4.78, 5) is 6.58. The van der Waals surface area contributed by atoms with Crippen molar-refractivity contribution in [3.8, 4) is 0 Å². The largest absolute Gasteiger partial charge is 0.416 e. The normalized spacial score (nSPS) is 14.2. The van der Waals surface area contributed by atoms with Gasteiger partial charge in [-0.3, -0.25) is 4.79 Å². The van der Waals surface area contributed by atoms with Gasteiger partial charge in [0.15, 0.2) is 0 Å². The van der Waals surface area contributed by atoms with Crippen molar-refractivity contribution in [2.75, 3.05) is 0 Å². The molecule has 8 heteroatoms. The molecule has 0 N–H and O–H groups in total. The molecule has 0 rings (SSSR count). The summed E-state index contributed by atoms with van der Waals surface area (Å²) in [5, 5.41) is 0. The number of carbonyl (C=O) groups is 1. The number of hydrogen-bond donors (Lipinski definition) is 0. The highest BCUT2D eigenvalue weighted by Crippen LogP contribution is 2.50. The Hall–Kier alpha value is -0.460. The van der Waals surface area contributed by atoms with E-state index in [1.165, 1.54) is 13.8 Å². The second kappa shape index (κ2) is 5.04. The SMILES string of the molecule is CC(C)CC(=O)CC(Cl)(C(F)(F)F)C(F)(F)F. The average molecular weight is 285 g/mol. The van der Waals surface area contributed by atoms with Crippen LogP contribution >= 0.6 is 11.6 Å². The lowest BCUT2D eigenvalue weighted by Crippen LogP contribution is -2.53. The number of carbonyl (C=O) groups excluding carboxylic acids is 1. The van der Waals surface area contributed by atoms with Crippen molar-refractivity contribution in [1.29, 1.82) is 0 Å². The molecule has 0 unspecified atom stereocenters. The van der Waals surface area contributed by atoms with Crippen LogP contribution in [0.25, 0.3) is 0 Å². The maximum Gasteiger partial charge on any atom is 0.416 e. The fourth-order valence-electron chi connectivity index (χ4n) is 1.16. The van der Waals surface area contributed by atoms with E-state index in [0.717, 1.165) is 0 Å². The van der Waals surface area contributed by atoms with Crippen molar-refractivity contribution in [2.45, 2.75) is 43.9 Å². The van der Waals surface area contributed by atoms with Gasteiger partial charge in [0.1, 0.15) is 5.78 Å². The van der Waals surface area contributed by atoms with Crippen molar-refractivity contribution in [3.63, 3.8) is 0 Å². The summed E-state index contributed by atoms with van der Waals surface area (Å²) < 4.78 is 73.8. The summed E-state index contributed by atoms with van der Waals surface area (Å²) in [6.45, 7) is 3.02. The third-order valence-electron chi connectivity index (χ3n) is 1.98. The zero-order valence-electron chi connectivity index (χ0n) is 9.05. The summed E-state index contributed by atoms with van der Waals surface area (Å²) in [6.07, 6.45) is -13.6. The molecule has 0 aromatic heterocycles. The highest BCUT2D eigenvalue weighted by atomic mass is 35.5. The van der Waals surface area contributed by atoms with Crippen LogP contribution in [0.3, 0.4) is 0 Å². The van der Waals surface area contributed by atoms with Crippen LogP contribution in [0.4, 0.5) is 26.3 Å². The summed E-state index contributed by atoms with van der Waals surface area (Å²) in [6, 6.07) is 0. The molecule has 0 fully saturated rings. The Bertz CT molecular complexity index is 266. The molecule has 0 saturated heterocycles. The van der Waals surface area contributed by atoms with Crippen molar-refractivity contribution in [1.82, 2.24) is 0 Å². The third-order valence-corrected chi connectivity index (χ3v) is 2.54. The minimum Gasteiger partial charge on any atom is -0.300 e. The molecule has 0 aromatic carbocycles. The van der Waals surface area contributed by atoms with Crippen LogP contribution in [0, 0.1) is 5.92 Å². The van der Waals surface area contributed by atoms with Gasteiger partial charge in [0.2, 0.25) is 4.87 Å². The van der Waals surface area contributed by atoms with Gasteiger partial charge in [0, 0.05) is 12.8 Å². The Morgan fingerprint density at radius 3 is 1.65 bits per heavy atom. The summed E-state index contributed by atoms with van der Waals surface area (Å²) in [5.41, 5.74) is 0. The van der Waals surface area contributed by atoms with Gasteiger partial charge >= 0.3 is 12.4 Å². The predicted octanol–water partition coefficient (Wildman–Crippen LogP) is 4.09. The van der Waals surface area contributed by atoms with Crippen molar-refractivity contribution in [3.05, 3.63) is 0 Å². The molecule has 0 bridgehead atoms. The number of rotatable bonds is 4. The van der Waals surface area contributed by atoms with E-state index in [1.807, 2.05) is 0 Å². The minimum absolute atomic E-state index is 0.329. The van der Waals surface area contributed by atoms with Crippen molar-refractivity contribution < 1.29 is 31.1 Å². The lowest BCUT2D eigenvalue weighted by atomic mass is 9.95. The molecule has 0 amide bonds. The average Bonchev–Trinajstić information content (AvgIpc) is 1.97. The van der Waals surface area contributed by atoms with Gasteiger partial charge < -0.3 is 0 Å². The highest BCUT2D eigenvalue weighted by molar-refractivity contribution is 6.26. The van der Waals surface area contributed by atoms with Gasteiger partial charge in [-0.05, 0) is 5.92 Å². The molecule has 0 aliphatic rings. The van der Waals surface area contributed by atoms with E-state index in [-0.39, 0.29) is 12.3 Å². The lowest BCUT2D eigenvalue weighted by Gasteiger charge is -2.31. The quantitative estimate of drug-likeness (QED) is 0.561. The van der Waals surface area contributed by atoms with E-state index in [2.05, 4.69) is 11.6 Å². The van der Waals surface area contributed by atoms with Gasteiger partial charge in [-0.2, -0.15) is 26.3 Å². The van der Waals surface area contributed by atoms with E-state index < -0.39 is 29.4 Å². The molecule has 0 aliphatic heterocycles. The molecular formula is C9H11ClF6O. The molecule has 0 radical (unpaired) electrons. The van der Waals surface area contributed by atoms with Gasteiger partial charge in [-0.25, -0.2) is 0 Å². The molecular weight excluding hydrogens is 274 g/mol. The maximum absolute atomic E-state index is 12.3. The molecule has 102 valence electrons. The molecule has 0 atom stereocenters. The number of alkyl halides is 7. The van der Waals surface area contributed by atoms with E-state index in [0.29, 0.717) is 0 Å². The van der Waals surface area contributed by atoms with Crippen LogP contribution < -0.4 is 0 Å². The summed E-state index contributed by atoms with van der Waals surface area (Å²) >= 11 is 4.60. The van der Waals surface area contributed by atoms with Crippen molar-refractivity contribution >= 4 is 17.4 Å². The van der Waals surface area contributed by atoms with Gasteiger partial charge in [0.25, 0.3) is 0 Å². The first kappa shape index (κ1) is 16.5. The van der Waals surface area contributed by atoms with Gasteiger partial charge in [-0.1, -0.05) is 25.4 Å². The Labute approximate surface area is 99.1 Å². The maximum atomic E-state index is 12.3. The standard InChI is InChI=1S/C9H11ClF6O/c1-5(2)3-6(17)4-7(10,8(11,12)13)9(14,15)16/h5H,3-4H2,1-2H3.